The number of anilines is 2. The van der Waals surface area contributed by atoms with Crippen molar-refractivity contribution in [3.8, 4) is 0 Å². The fourth-order valence-electron chi connectivity index (χ4n) is 2.46. The van der Waals surface area contributed by atoms with Crippen molar-refractivity contribution in [3.05, 3.63) is 83.2 Å². The second-order valence-corrected chi connectivity index (χ2v) is 5.89. The molecule has 2 amide bonds. The number of aryl methyl sites for hydroxylation is 2. The zero-order chi connectivity index (χ0) is 18.5. The van der Waals surface area contributed by atoms with Gasteiger partial charge in [0.1, 0.15) is 11.6 Å². The van der Waals surface area contributed by atoms with Crippen LogP contribution in [0.25, 0.3) is 0 Å². The van der Waals surface area contributed by atoms with Gasteiger partial charge in [0.05, 0.1) is 11.1 Å². The quantitative estimate of drug-likeness (QED) is 0.756. The first-order valence-electron chi connectivity index (χ1n) is 8.10. The van der Waals surface area contributed by atoms with Crippen molar-refractivity contribution in [2.45, 2.75) is 13.8 Å². The SMILES string of the molecule is Cc1ccnc(NC(=O)c2ccccc2C(=O)Nc2cc(C)ccn2)c1. The van der Waals surface area contributed by atoms with E-state index in [0.29, 0.717) is 11.6 Å². The van der Waals surface area contributed by atoms with Gasteiger partial charge in [-0.05, 0) is 61.4 Å². The number of rotatable bonds is 4. The van der Waals surface area contributed by atoms with Crippen LogP contribution in [-0.4, -0.2) is 21.8 Å². The lowest BCUT2D eigenvalue weighted by Crippen LogP contribution is -2.21. The van der Waals surface area contributed by atoms with E-state index in [9.17, 15) is 9.59 Å². The summed E-state index contributed by atoms with van der Waals surface area (Å²) in [6.07, 6.45) is 3.24. The highest BCUT2D eigenvalue weighted by molar-refractivity contribution is 6.15. The minimum Gasteiger partial charge on any atom is -0.307 e. The standard InChI is InChI=1S/C20H18N4O2/c1-13-7-9-21-17(11-13)23-19(25)15-5-3-4-6-16(15)20(26)24-18-12-14(2)8-10-22-18/h3-12H,1-2H3,(H,21,23,25)(H,22,24,26). The molecule has 0 aliphatic rings. The molecule has 3 aromatic rings. The Morgan fingerprint density at radius 3 is 1.54 bits per heavy atom. The molecule has 0 aliphatic heterocycles. The third-order valence-electron chi connectivity index (χ3n) is 3.73. The number of carbonyl (C=O) groups excluding carboxylic acids is 2. The number of aromatic nitrogens is 2. The molecule has 0 saturated carbocycles. The molecular weight excluding hydrogens is 328 g/mol. The third-order valence-corrected chi connectivity index (χ3v) is 3.73. The van der Waals surface area contributed by atoms with Crippen molar-refractivity contribution < 1.29 is 9.59 Å². The van der Waals surface area contributed by atoms with Gasteiger partial charge in [-0.15, -0.1) is 0 Å². The van der Waals surface area contributed by atoms with Gasteiger partial charge >= 0.3 is 0 Å². The van der Waals surface area contributed by atoms with Crippen LogP contribution >= 0.6 is 0 Å². The van der Waals surface area contributed by atoms with Gasteiger partial charge < -0.3 is 10.6 Å². The minimum atomic E-state index is -0.397. The Hall–Kier alpha value is -3.54. The van der Waals surface area contributed by atoms with Crippen molar-refractivity contribution in [2.24, 2.45) is 0 Å². The summed E-state index contributed by atoms with van der Waals surface area (Å²) in [6, 6.07) is 13.8. The van der Waals surface area contributed by atoms with Crippen molar-refractivity contribution in [1.82, 2.24) is 9.97 Å². The van der Waals surface area contributed by atoms with E-state index in [1.54, 1.807) is 48.8 Å². The molecule has 0 unspecified atom stereocenters. The number of hydrogen-bond acceptors (Lipinski definition) is 4. The zero-order valence-electron chi connectivity index (χ0n) is 14.5. The number of amides is 2. The van der Waals surface area contributed by atoms with Crippen LogP contribution in [0.2, 0.25) is 0 Å². The molecule has 26 heavy (non-hydrogen) atoms. The van der Waals surface area contributed by atoms with Gasteiger partial charge in [-0.3, -0.25) is 9.59 Å². The maximum atomic E-state index is 12.6. The van der Waals surface area contributed by atoms with Gasteiger partial charge in [0, 0.05) is 12.4 Å². The number of nitrogens with zero attached hydrogens (tertiary/aromatic N) is 2. The average molecular weight is 346 g/mol. The van der Waals surface area contributed by atoms with Crippen LogP contribution in [0, 0.1) is 13.8 Å². The average Bonchev–Trinajstić information content (AvgIpc) is 2.61. The molecule has 1 aromatic carbocycles. The van der Waals surface area contributed by atoms with Crippen molar-refractivity contribution in [3.63, 3.8) is 0 Å². The highest BCUT2D eigenvalue weighted by Crippen LogP contribution is 2.15. The number of hydrogen-bond donors (Lipinski definition) is 2. The molecule has 0 bridgehead atoms. The number of pyridine rings is 2. The molecule has 6 nitrogen and oxygen atoms in total. The minimum absolute atomic E-state index is 0.265. The normalized spacial score (nSPS) is 10.2. The van der Waals surface area contributed by atoms with Crippen LogP contribution in [0.4, 0.5) is 11.6 Å². The molecule has 0 atom stereocenters. The van der Waals surface area contributed by atoms with Gasteiger partial charge in [-0.2, -0.15) is 0 Å². The molecular formula is C20H18N4O2. The molecule has 130 valence electrons. The van der Waals surface area contributed by atoms with Crippen LogP contribution in [0.1, 0.15) is 31.8 Å². The third kappa shape index (κ3) is 4.10. The first-order chi connectivity index (χ1) is 12.5. The maximum absolute atomic E-state index is 12.6. The van der Waals surface area contributed by atoms with Crippen LogP contribution in [0.3, 0.4) is 0 Å². The highest BCUT2D eigenvalue weighted by atomic mass is 16.2. The van der Waals surface area contributed by atoms with E-state index in [-0.39, 0.29) is 11.1 Å². The Kier molecular flexibility index (Phi) is 5.03. The topological polar surface area (TPSA) is 84.0 Å². The van der Waals surface area contributed by atoms with Gasteiger partial charge in [0.15, 0.2) is 0 Å². The number of nitrogens with one attached hydrogen (secondary N) is 2. The Balaban J connectivity index is 1.83. The van der Waals surface area contributed by atoms with Crippen LogP contribution in [0.15, 0.2) is 60.9 Å². The monoisotopic (exact) mass is 346 g/mol. The van der Waals surface area contributed by atoms with E-state index in [2.05, 4.69) is 20.6 Å². The fraction of sp³-hybridized carbons (Fsp3) is 0.100. The Labute approximate surface area is 151 Å². The lowest BCUT2D eigenvalue weighted by molar-refractivity contribution is 0.0990. The first-order valence-corrected chi connectivity index (χ1v) is 8.10. The van der Waals surface area contributed by atoms with E-state index in [4.69, 9.17) is 0 Å². The molecule has 0 radical (unpaired) electrons. The second-order valence-electron chi connectivity index (χ2n) is 5.89. The summed E-state index contributed by atoms with van der Waals surface area (Å²) in [4.78, 5) is 33.4. The summed E-state index contributed by atoms with van der Waals surface area (Å²) in [5.74, 6) is 0.0771. The molecule has 0 saturated heterocycles. The van der Waals surface area contributed by atoms with Gasteiger partial charge in [0.25, 0.3) is 11.8 Å². The Morgan fingerprint density at radius 2 is 1.15 bits per heavy atom. The van der Waals surface area contributed by atoms with E-state index in [1.165, 1.54) is 0 Å². The van der Waals surface area contributed by atoms with Crippen LogP contribution in [0.5, 0.6) is 0 Å². The summed E-state index contributed by atoms with van der Waals surface area (Å²) in [5, 5.41) is 5.44. The molecule has 2 heterocycles. The van der Waals surface area contributed by atoms with Crippen molar-refractivity contribution in [1.29, 1.82) is 0 Å². The molecule has 2 aromatic heterocycles. The Morgan fingerprint density at radius 1 is 0.731 bits per heavy atom. The number of carbonyl (C=O) groups is 2. The molecule has 0 aliphatic carbocycles. The summed E-state index contributed by atoms with van der Waals surface area (Å²) in [6.45, 7) is 3.82. The number of benzene rings is 1. The van der Waals surface area contributed by atoms with Gasteiger partial charge in [-0.25, -0.2) is 9.97 Å². The van der Waals surface area contributed by atoms with E-state index in [1.807, 2.05) is 26.0 Å². The summed E-state index contributed by atoms with van der Waals surface area (Å²) < 4.78 is 0. The summed E-state index contributed by atoms with van der Waals surface area (Å²) in [7, 11) is 0. The summed E-state index contributed by atoms with van der Waals surface area (Å²) >= 11 is 0. The van der Waals surface area contributed by atoms with Crippen LogP contribution < -0.4 is 10.6 Å². The predicted molar refractivity (Wildman–Crippen MR) is 100 cm³/mol. The molecule has 0 fully saturated rings. The lowest BCUT2D eigenvalue weighted by atomic mass is 10.1. The van der Waals surface area contributed by atoms with Crippen LogP contribution in [-0.2, 0) is 0 Å². The molecule has 2 N–H and O–H groups in total. The second kappa shape index (κ2) is 7.57. The van der Waals surface area contributed by atoms with E-state index in [0.717, 1.165) is 11.1 Å². The largest absolute Gasteiger partial charge is 0.307 e. The summed E-state index contributed by atoms with van der Waals surface area (Å²) in [5.41, 5.74) is 2.49. The van der Waals surface area contributed by atoms with Crippen molar-refractivity contribution >= 4 is 23.5 Å². The zero-order valence-corrected chi connectivity index (χ0v) is 14.5. The van der Waals surface area contributed by atoms with Gasteiger partial charge in [0.2, 0.25) is 0 Å². The molecule has 0 spiro atoms. The lowest BCUT2D eigenvalue weighted by Gasteiger charge is -2.10. The van der Waals surface area contributed by atoms with Crippen molar-refractivity contribution in [2.75, 3.05) is 10.6 Å². The molecule has 3 rings (SSSR count). The van der Waals surface area contributed by atoms with Gasteiger partial charge in [-0.1, -0.05) is 12.1 Å². The van der Waals surface area contributed by atoms with E-state index >= 15 is 0 Å². The fourth-order valence-corrected chi connectivity index (χ4v) is 2.46. The first kappa shape index (κ1) is 17.3. The highest BCUT2D eigenvalue weighted by Gasteiger charge is 2.17. The molecule has 6 heteroatoms. The maximum Gasteiger partial charge on any atom is 0.257 e. The Bertz CT molecular complexity index is 891. The van der Waals surface area contributed by atoms with E-state index < -0.39 is 11.8 Å². The predicted octanol–water partition coefficient (Wildman–Crippen LogP) is 3.60. The smallest absolute Gasteiger partial charge is 0.257 e.